The summed E-state index contributed by atoms with van der Waals surface area (Å²) in [5, 5.41) is 0.0908. The number of carbonyl (C=O) groups is 1. The van der Waals surface area contributed by atoms with Gasteiger partial charge >= 0.3 is 0 Å². The van der Waals surface area contributed by atoms with Crippen LogP contribution in [0.4, 0.5) is 11.5 Å². The van der Waals surface area contributed by atoms with E-state index in [-0.39, 0.29) is 11.8 Å². The molecule has 15 heavy (non-hydrogen) atoms. The van der Waals surface area contributed by atoms with Gasteiger partial charge in [-0.1, -0.05) is 0 Å². The molecule has 0 aromatic carbocycles. The lowest BCUT2D eigenvalue weighted by molar-refractivity contribution is -0.116. The molecule has 7 heteroatoms. The quantitative estimate of drug-likeness (QED) is 0.708. The smallest absolute Gasteiger partial charge is 0.236 e. The molecule has 1 rings (SSSR count). The van der Waals surface area contributed by atoms with E-state index in [0.717, 1.165) is 0 Å². The Morgan fingerprint density at radius 2 is 2.13 bits per heavy atom. The van der Waals surface area contributed by atoms with Crippen molar-refractivity contribution < 1.29 is 4.79 Å². The van der Waals surface area contributed by atoms with Gasteiger partial charge in [-0.3, -0.25) is 4.79 Å². The van der Waals surface area contributed by atoms with Gasteiger partial charge in [-0.25, -0.2) is 4.98 Å². The Morgan fingerprint density at radius 1 is 1.53 bits per heavy atom. The van der Waals surface area contributed by atoms with Crippen molar-refractivity contribution in [2.45, 2.75) is 6.92 Å². The van der Waals surface area contributed by atoms with Crippen molar-refractivity contribution >= 4 is 29.0 Å². The fourth-order valence-corrected chi connectivity index (χ4v) is 1.34. The number of amides is 1. The monoisotopic (exact) mass is 229 g/mol. The van der Waals surface area contributed by atoms with Crippen LogP contribution in [0.1, 0.15) is 5.69 Å². The maximum absolute atomic E-state index is 10.7. The number of nitrogen functional groups attached to an aromatic ring is 1. The summed E-state index contributed by atoms with van der Waals surface area (Å²) in [5.41, 5.74) is 11.8. The highest BCUT2D eigenvalue weighted by Crippen LogP contribution is 2.23. The van der Waals surface area contributed by atoms with Crippen molar-refractivity contribution in [1.82, 2.24) is 9.97 Å². The number of carbonyl (C=O) groups excluding carboxylic acids is 1. The van der Waals surface area contributed by atoms with E-state index >= 15 is 0 Å². The molecule has 0 aliphatic carbocycles. The van der Waals surface area contributed by atoms with Crippen molar-refractivity contribution in [3.8, 4) is 0 Å². The molecule has 82 valence electrons. The maximum atomic E-state index is 10.7. The van der Waals surface area contributed by atoms with E-state index in [1.54, 1.807) is 14.0 Å². The third-order valence-electron chi connectivity index (χ3n) is 1.84. The van der Waals surface area contributed by atoms with Gasteiger partial charge in [0.05, 0.1) is 17.9 Å². The lowest BCUT2D eigenvalue weighted by Crippen LogP contribution is -2.31. The molecular formula is C8H12ClN5O. The first-order valence-corrected chi connectivity index (χ1v) is 4.58. The Kier molecular flexibility index (Phi) is 3.31. The number of likely N-dealkylation sites (N-methyl/N-ethyl adjacent to an activating group) is 1. The summed E-state index contributed by atoms with van der Waals surface area (Å²) in [4.78, 5) is 20.1. The van der Waals surface area contributed by atoms with Gasteiger partial charge in [-0.05, 0) is 18.5 Å². The average Bonchev–Trinajstić information content (AvgIpc) is 2.09. The normalized spacial score (nSPS) is 10.1. The topological polar surface area (TPSA) is 98.1 Å². The molecule has 0 saturated heterocycles. The zero-order valence-electron chi connectivity index (χ0n) is 8.49. The zero-order valence-corrected chi connectivity index (χ0v) is 9.25. The second-order valence-corrected chi connectivity index (χ2v) is 3.48. The molecule has 0 bridgehead atoms. The second-order valence-electron chi connectivity index (χ2n) is 3.14. The van der Waals surface area contributed by atoms with Crippen LogP contribution in [-0.2, 0) is 4.79 Å². The summed E-state index contributed by atoms with van der Waals surface area (Å²) < 4.78 is 0. The van der Waals surface area contributed by atoms with Gasteiger partial charge in [-0.15, -0.1) is 0 Å². The lowest BCUT2D eigenvalue weighted by Gasteiger charge is -2.18. The molecule has 0 fully saturated rings. The predicted molar refractivity (Wildman–Crippen MR) is 58.7 cm³/mol. The molecule has 0 aliphatic heterocycles. The van der Waals surface area contributed by atoms with E-state index in [2.05, 4.69) is 9.97 Å². The van der Waals surface area contributed by atoms with Gasteiger partial charge in [0.25, 0.3) is 0 Å². The van der Waals surface area contributed by atoms with Gasteiger partial charge in [0.2, 0.25) is 11.2 Å². The van der Waals surface area contributed by atoms with Gasteiger partial charge < -0.3 is 16.4 Å². The number of primary amides is 1. The van der Waals surface area contributed by atoms with E-state index in [1.165, 1.54) is 4.90 Å². The largest absolute Gasteiger partial charge is 0.394 e. The van der Waals surface area contributed by atoms with Crippen molar-refractivity contribution in [2.24, 2.45) is 5.73 Å². The number of nitrogens with two attached hydrogens (primary N) is 2. The van der Waals surface area contributed by atoms with Crippen LogP contribution in [0.5, 0.6) is 0 Å². The molecule has 1 aromatic rings. The molecule has 0 spiro atoms. The number of hydrogen-bond donors (Lipinski definition) is 2. The van der Waals surface area contributed by atoms with Crippen LogP contribution in [0.15, 0.2) is 0 Å². The number of nitrogens with zero attached hydrogens (tertiary/aromatic N) is 3. The Morgan fingerprint density at radius 3 is 2.67 bits per heavy atom. The third kappa shape index (κ3) is 2.69. The van der Waals surface area contributed by atoms with E-state index < -0.39 is 5.91 Å². The Hall–Kier alpha value is -1.56. The van der Waals surface area contributed by atoms with Crippen molar-refractivity contribution in [3.63, 3.8) is 0 Å². The first-order chi connectivity index (χ1) is 6.91. The van der Waals surface area contributed by atoms with Crippen molar-refractivity contribution in [1.29, 1.82) is 0 Å². The standard InChI is InChI=1S/C8H12ClN5O/c1-4-6(11)7(13-8(9)12-4)14(2)3-5(10)15/h3,11H2,1-2H3,(H2,10,15). The Labute approximate surface area is 92.2 Å². The van der Waals surface area contributed by atoms with E-state index in [9.17, 15) is 4.79 Å². The predicted octanol–water partition coefficient (Wildman–Crippen LogP) is -0.0579. The van der Waals surface area contributed by atoms with Crippen molar-refractivity contribution in [2.75, 3.05) is 24.2 Å². The lowest BCUT2D eigenvalue weighted by atomic mass is 10.3. The fraction of sp³-hybridized carbons (Fsp3) is 0.375. The summed E-state index contributed by atoms with van der Waals surface area (Å²) in [6.07, 6.45) is 0. The van der Waals surface area contributed by atoms with E-state index in [4.69, 9.17) is 23.1 Å². The SMILES string of the molecule is Cc1nc(Cl)nc(N(C)CC(N)=O)c1N. The van der Waals surface area contributed by atoms with Crippen LogP contribution >= 0.6 is 11.6 Å². The van der Waals surface area contributed by atoms with Gasteiger partial charge in [0.1, 0.15) is 0 Å². The number of aryl methyl sites for hydroxylation is 1. The molecule has 0 radical (unpaired) electrons. The summed E-state index contributed by atoms with van der Waals surface area (Å²) in [7, 11) is 1.65. The molecule has 4 N–H and O–H groups in total. The molecule has 1 amide bonds. The summed E-state index contributed by atoms with van der Waals surface area (Å²) in [6, 6.07) is 0. The third-order valence-corrected chi connectivity index (χ3v) is 2.01. The summed E-state index contributed by atoms with van der Waals surface area (Å²) in [6.45, 7) is 1.74. The van der Waals surface area contributed by atoms with Crippen LogP contribution in [0, 0.1) is 6.92 Å². The number of anilines is 2. The van der Waals surface area contributed by atoms with Crippen molar-refractivity contribution in [3.05, 3.63) is 11.0 Å². The number of aromatic nitrogens is 2. The van der Waals surface area contributed by atoms with Gasteiger partial charge in [0.15, 0.2) is 5.82 Å². The summed E-state index contributed by atoms with van der Waals surface area (Å²) >= 11 is 5.68. The van der Waals surface area contributed by atoms with Crippen LogP contribution in [0.2, 0.25) is 5.28 Å². The zero-order chi connectivity index (χ0) is 11.6. The Bertz CT molecular complexity index is 395. The highest BCUT2D eigenvalue weighted by molar-refractivity contribution is 6.28. The minimum atomic E-state index is -0.468. The molecule has 1 heterocycles. The number of rotatable bonds is 3. The molecule has 0 aliphatic rings. The van der Waals surface area contributed by atoms with Crippen LogP contribution in [-0.4, -0.2) is 29.5 Å². The number of halogens is 1. The molecule has 6 nitrogen and oxygen atoms in total. The van der Waals surface area contributed by atoms with Gasteiger partial charge in [-0.2, -0.15) is 4.98 Å². The minimum Gasteiger partial charge on any atom is -0.394 e. The van der Waals surface area contributed by atoms with Gasteiger partial charge in [0, 0.05) is 7.05 Å². The first-order valence-electron chi connectivity index (χ1n) is 4.21. The number of hydrogen-bond acceptors (Lipinski definition) is 5. The Balaban J connectivity index is 3.07. The highest BCUT2D eigenvalue weighted by Gasteiger charge is 2.13. The maximum Gasteiger partial charge on any atom is 0.236 e. The molecule has 0 saturated carbocycles. The highest BCUT2D eigenvalue weighted by atomic mass is 35.5. The molecule has 0 unspecified atom stereocenters. The summed E-state index contributed by atoms with van der Waals surface area (Å²) in [5.74, 6) is -0.0596. The molecular weight excluding hydrogens is 218 g/mol. The van der Waals surface area contributed by atoms with E-state index in [1.807, 2.05) is 0 Å². The first kappa shape index (κ1) is 11.5. The van der Waals surface area contributed by atoms with Crippen LogP contribution < -0.4 is 16.4 Å². The molecule has 1 aromatic heterocycles. The second kappa shape index (κ2) is 4.31. The van der Waals surface area contributed by atoms with Crippen LogP contribution in [0.3, 0.4) is 0 Å². The average molecular weight is 230 g/mol. The fourth-order valence-electron chi connectivity index (χ4n) is 1.13. The molecule has 0 atom stereocenters. The minimum absolute atomic E-state index is 0.0248. The van der Waals surface area contributed by atoms with E-state index in [0.29, 0.717) is 17.2 Å². The van der Waals surface area contributed by atoms with Crippen LogP contribution in [0.25, 0.3) is 0 Å².